The van der Waals surface area contributed by atoms with Gasteiger partial charge in [-0.2, -0.15) is 0 Å². The predicted octanol–water partition coefficient (Wildman–Crippen LogP) is 4.20. The fourth-order valence-electron chi connectivity index (χ4n) is 4.27. The van der Waals surface area contributed by atoms with Gasteiger partial charge in [0.25, 0.3) is 5.91 Å². The van der Waals surface area contributed by atoms with Crippen LogP contribution in [0, 0.1) is 5.92 Å². The summed E-state index contributed by atoms with van der Waals surface area (Å²) in [6.45, 7) is 0.192. The van der Waals surface area contributed by atoms with Crippen molar-refractivity contribution in [2.45, 2.75) is 18.7 Å². The number of phenolic OH excluding ortho intramolecular Hbond substituents is 1. The van der Waals surface area contributed by atoms with E-state index in [2.05, 4.69) is 15.9 Å². The molecule has 0 saturated carbocycles. The molecule has 7 heteroatoms. The first-order valence-electron chi connectivity index (χ1n) is 9.93. The monoisotopic (exact) mass is 478 g/mol. The molecule has 31 heavy (non-hydrogen) atoms. The maximum atomic E-state index is 13.5. The van der Waals surface area contributed by atoms with Crippen LogP contribution in [0.15, 0.2) is 83.3 Å². The van der Waals surface area contributed by atoms with Gasteiger partial charge in [-0.15, -0.1) is 0 Å². The zero-order chi connectivity index (χ0) is 21.5. The number of likely N-dealkylation sites (tertiary alicyclic amines) is 1. The molecule has 2 aliphatic rings. The van der Waals surface area contributed by atoms with Crippen LogP contribution in [0.2, 0.25) is 0 Å². The number of carbonyl (C=O) groups is 2. The number of imide groups is 1. The molecule has 1 N–H and O–H groups in total. The van der Waals surface area contributed by atoms with Crippen LogP contribution < -0.4 is 5.06 Å². The number of phenols is 1. The summed E-state index contributed by atoms with van der Waals surface area (Å²) in [4.78, 5) is 34.0. The second-order valence-corrected chi connectivity index (χ2v) is 8.53. The van der Waals surface area contributed by atoms with Crippen molar-refractivity contribution in [2.75, 3.05) is 5.06 Å². The van der Waals surface area contributed by atoms with Gasteiger partial charge in [0.15, 0.2) is 6.10 Å². The van der Waals surface area contributed by atoms with Crippen molar-refractivity contribution < 1.29 is 19.5 Å². The van der Waals surface area contributed by atoms with E-state index in [0.29, 0.717) is 11.3 Å². The Morgan fingerprint density at radius 2 is 1.58 bits per heavy atom. The molecule has 6 nitrogen and oxygen atoms in total. The first-order chi connectivity index (χ1) is 15.0. The molecular formula is C24H19BrN2O4. The van der Waals surface area contributed by atoms with Crippen LogP contribution in [0.4, 0.5) is 5.69 Å². The van der Waals surface area contributed by atoms with E-state index in [4.69, 9.17) is 4.84 Å². The van der Waals surface area contributed by atoms with E-state index in [1.807, 2.05) is 60.7 Å². The molecule has 3 atom stereocenters. The lowest BCUT2D eigenvalue weighted by atomic mass is 9.90. The number of rotatable bonds is 4. The molecule has 0 bridgehead atoms. The topological polar surface area (TPSA) is 70.1 Å². The smallest absolute Gasteiger partial charge is 0.262 e. The Kier molecular flexibility index (Phi) is 5.00. The minimum absolute atomic E-state index is 0.0418. The normalized spacial score (nSPS) is 22.8. The van der Waals surface area contributed by atoms with Gasteiger partial charge in [0.05, 0.1) is 18.3 Å². The summed E-state index contributed by atoms with van der Waals surface area (Å²) in [5.74, 6) is -1.39. The Morgan fingerprint density at radius 3 is 2.29 bits per heavy atom. The lowest BCUT2D eigenvalue weighted by Crippen LogP contribution is -2.37. The molecule has 2 fully saturated rings. The second-order valence-electron chi connectivity index (χ2n) is 7.61. The van der Waals surface area contributed by atoms with Crippen molar-refractivity contribution in [1.29, 1.82) is 0 Å². The molecule has 5 rings (SSSR count). The van der Waals surface area contributed by atoms with E-state index in [1.165, 1.54) is 4.90 Å². The first kappa shape index (κ1) is 19.8. The van der Waals surface area contributed by atoms with E-state index in [1.54, 1.807) is 23.3 Å². The van der Waals surface area contributed by atoms with Gasteiger partial charge < -0.3 is 5.11 Å². The van der Waals surface area contributed by atoms with Crippen molar-refractivity contribution in [3.63, 3.8) is 0 Å². The molecule has 0 radical (unpaired) electrons. The lowest BCUT2D eigenvalue weighted by molar-refractivity contribution is -0.143. The number of hydrogen-bond acceptors (Lipinski definition) is 5. The SMILES string of the molecule is O=C1[C@H]2[C@@H](c3cc(Br)ccc3O)N(c3ccccc3)O[C@H]2C(=O)N1Cc1ccccc1. The predicted molar refractivity (Wildman–Crippen MR) is 118 cm³/mol. The van der Waals surface area contributed by atoms with E-state index >= 15 is 0 Å². The average Bonchev–Trinajstić information content (AvgIpc) is 3.29. The molecule has 2 amide bonds. The molecular weight excluding hydrogens is 460 g/mol. The lowest BCUT2D eigenvalue weighted by Gasteiger charge is -2.29. The first-order valence-corrected chi connectivity index (χ1v) is 10.7. The van der Waals surface area contributed by atoms with Crippen LogP contribution >= 0.6 is 15.9 Å². The number of aromatic hydroxyl groups is 1. The van der Waals surface area contributed by atoms with Gasteiger partial charge in [0.2, 0.25) is 5.91 Å². The van der Waals surface area contributed by atoms with E-state index in [9.17, 15) is 14.7 Å². The Bertz CT molecular complexity index is 1140. The Morgan fingerprint density at radius 1 is 0.903 bits per heavy atom. The number of carbonyl (C=O) groups excluding carboxylic acids is 2. The largest absolute Gasteiger partial charge is 0.508 e. The van der Waals surface area contributed by atoms with E-state index in [0.717, 1.165) is 10.0 Å². The van der Waals surface area contributed by atoms with E-state index < -0.39 is 18.1 Å². The highest BCUT2D eigenvalue weighted by Crippen LogP contribution is 2.49. The summed E-state index contributed by atoms with van der Waals surface area (Å²) in [7, 11) is 0. The van der Waals surface area contributed by atoms with Crippen LogP contribution in [-0.4, -0.2) is 27.9 Å². The molecule has 0 spiro atoms. The summed E-state index contributed by atoms with van der Waals surface area (Å²) in [6.07, 6.45) is -0.945. The maximum Gasteiger partial charge on any atom is 0.262 e. The van der Waals surface area contributed by atoms with Gasteiger partial charge in [0.1, 0.15) is 11.7 Å². The van der Waals surface area contributed by atoms with Crippen LogP contribution in [-0.2, 0) is 21.0 Å². The van der Waals surface area contributed by atoms with Gasteiger partial charge in [0, 0.05) is 10.0 Å². The van der Waals surface area contributed by atoms with Gasteiger partial charge >= 0.3 is 0 Å². The molecule has 3 aromatic rings. The number of fused-ring (bicyclic) bond motifs is 1. The third-order valence-electron chi connectivity index (χ3n) is 5.71. The van der Waals surface area contributed by atoms with Gasteiger partial charge in [-0.05, 0) is 35.9 Å². The van der Waals surface area contributed by atoms with Gasteiger partial charge in [-0.3, -0.25) is 19.3 Å². The number of halogens is 1. The maximum absolute atomic E-state index is 13.5. The summed E-state index contributed by atoms with van der Waals surface area (Å²) in [5, 5.41) is 12.2. The molecule has 0 unspecified atom stereocenters. The fourth-order valence-corrected chi connectivity index (χ4v) is 4.65. The number of nitrogens with zero attached hydrogens (tertiary/aromatic N) is 2. The minimum Gasteiger partial charge on any atom is -0.508 e. The molecule has 2 aliphatic heterocycles. The minimum atomic E-state index is -0.945. The summed E-state index contributed by atoms with van der Waals surface area (Å²) < 4.78 is 0.759. The van der Waals surface area contributed by atoms with Crippen molar-refractivity contribution >= 4 is 33.4 Å². The second kappa shape index (κ2) is 7.83. The number of anilines is 1. The van der Waals surface area contributed by atoms with Crippen LogP contribution in [0.3, 0.4) is 0 Å². The third-order valence-corrected chi connectivity index (χ3v) is 6.20. The highest BCUT2D eigenvalue weighted by molar-refractivity contribution is 9.10. The third kappa shape index (κ3) is 3.40. The molecule has 3 aromatic carbocycles. The highest BCUT2D eigenvalue weighted by Gasteiger charge is 2.60. The molecule has 0 aliphatic carbocycles. The van der Waals surface area contributed by atoms with Crippen molar-refractivity contribution in [1.82, 2.24) is 4.90 Å². The molecule has 156 valence electrons. The summed E-state index contributed by atoms with van der Waals surface area (Å²) in [6, 6.07) is 23.1. The molecule has 2 heterocycles. The van der Waals surface area contributed by atoms with Gasteiger partial charge in [-0.25, -0.2) is 5.06 Å². The standard InChI is InChI=1S/C24H19BrN2O4/c25-16-11-12-19(28)18(13-16)21-20-22(31-27(21)17-9-5-2-6-10-17)24(30)26(23(20)29)14-15-7-3-1-4-8-15/h1-13,20-22,28H,14H2/t20-,21+,22+/m0/s1. The number of hydrogen-bond donors (Lipinski definition) is 1. The number of para-hydroxylation sites is 1. The Hall–Kier alpha value is -3.16. The number of amides is 2. The molecule has 2 saturated heterocycles. The van der Waals surface area contributed by atoms with Gasteiger partial charge in [-0.1, -0.05) is 64.5 Å². The quantitative estimate of drug-likeness (QED) is 0.569. The van der Waals surface area contributed by atoms with Crippen molar-refractivity contribution in [3.8, 4) is 5.75 Å². The molecule has 0 aromatic heterocycles. The fraction of sp³-hybridized carbons (Fsp3) is 0.167. The van der Waals surface area contributed by atoms with Crippen LogP contribution in [0.5, 0.6) is 5.75 Å². The number of benzene rings is 3. The summed E-state index contributed by atoms with van der Waals surface area (Å²) >= 11 is 3.44. The number of hydroxylamine groups is 1. The van der Waals surface area contributed by atoms with E-state index in [-0.39, 0.29) is 24.1 Å². The zero-order valence-electron chi connectivity index (χ0n) is 16.4. The average molecular weight is 479 g/mol. The van der Waals surface area contributed by atoms with Crippen LogP contribution in [0.25, 0.3) is 0 Å². The van der Waals surface area contributed by atoms with Crippen molar-refractivity contribution in [3.05, 3.63) is 94.5 Å². The highest BCUT2D eigenvalue weighted by atomic mass is 79.9. The Balaban J connectivity index is 1.56. The zero-order valence-corrected chi connectivity index (χ0v) is 18.0. The van der Waals surface area contributed by atoms with Crippen molar-refractivity contribution in [2.24, 2.45) is 5.92 Å². The van der Waals surface area contributed by atoms with Crippen LogP contribution in [0.1, 0.15) is 17.2 Å². The Labute approximate surface area is 187 Å². The summed E-state index contributed by atoms with van der Waals surface area (Å²) in [5.41, 5.74) is 2.09.